The highest BCUT2D eigenvalue weighted by atomic mass is 79.9. The van der Waals surface area contributed by atoms with Gasteiger partial charge in [0.15, 0.2) is 0 Å². The molecule has 0 atom stereocenters. The molecule has 0 aliphatic carbocycles. The van der Waals surface area contributed by atoms with Gasteiger partial charge >= 0.3 is 0 Å². The number of nitrogens with two attached hydrogens (primary N) is 1. The largest absolute Gasteiger partial charge is 0.366 e. The summed E-state index contributed by atoms with van der Waals surface area (Å²) in [7, 11) is 0. The van der Waals surface area contributed by atoms with Gasteiger partial charge in [0.25, 0.3) is 5.91 Å². The number of rotatable bonds is 1. The lowest BCUT2D eigenvalue weighted by molar-refractivity contribution is 0.100. The summed E-state index contributed by atoms with van der Waals surface area (Å²) >= 11 is 3.51. The van der Waals surface area contributed by atoms with Crippen LogP contribution in [0.5, 0.6) is 0 Å². The molecule has 3 N–H and O–H groups in total. The van der Waals surface area contributed by atoms with Crippen LogP contribution in [0.3, 0.4) is 0 Å². The zero-order chi connectivity index (χ0) is 12.9. The number of aromatic amines is 1. The summed E-state index contributed by atoms with van der Waals surface area (Å²) in [5.74, 6) is -0.441. The van der Waals surface area contributed by atoms with Crippen molar-refractivity contribution in [2.45, 2.75) is 6.92 Å². The molecule has 0 saturated heterocycles. The number of amides is 1. The first kappa shape index (κ1) is 11.2. The van der Waals surface area contributed by atoms with Gasteiger partial charge in [-0.05, 0) is 25.1 Å². The van der Waals surface area contributed by atoms with Gasteiger partial charge in [0, 0.05) is 20.9 Å². The van der Waals surface area contributed by atoms with Gasteiger partial charge in [0.1, 0.15) is 0 Å². The Morgan fingerprint density at radius 2 is 2.22 bits per heavy atom. The quantitative estimate of drug-likeness (QED) is 0.725. The number of carbonyl (C=O) groups excluding carboxylic acids is 1. The van der Waals surface area contributed by atoms with Crippen LogP contribution in [0.15, 0.2) is 28.9 Å². The van der Waals surface area contributed by atoms with Crippen molar-refractivity contribution in [3.63, 3.8) is 0 Å². The first-order valence-corrected chi connectivity index (χ1v) is 6.23. The van der Waals surface area contributed by atoms with E-state index in [1.807, 2.05) is 19.1 Å². The molecule has 0 unspecified atom stereocenters. The second-order valence-corrected chi connectivity index (χ2v) is 5.06. The second kappa shape index (κ2) is 3.81. The Hall–Kier alpha value is -1.88. The minimum absolute atomic E-state index is 0.441. The van der Waals surface area contributed by atoms with E-state index in [1.54, 1.807) is 12.3 Å². The van der Waals surface area contributed by atoms with Crippen LogP contribution in [0.2, 0.25) is 0 Å². The standard InChI is InChI=1S/C13H10BrN3O/c1-6-4-8-10(5-16-6)17-12-7(13(15)18)2-3-9(14)11(8)12/h2-5,17H,1H3,(H2,15,18). The highest BCUT2D eigenvalue weighted by molar-refractivity contribution is 9.10. The van der Waals surface area contributed by atoms with E-state index in [0.29, 0.717) is 5.56 Å². The molecule has 3 aromatic rings. The molecule has 2 heterocycles. The van der Waals surface area contributed by atoms with E-state index in [-0.39, 0.29) is 0 Å². The first-order valence-electron chi connectivity index (χ1n) is 5.44. The van der Waals surface area contributed by atoms with Gasteiger partial charge in [-0.2, -0.15) is 0 Å². The molecule has 0 bridgehead atoms. The fourth-order valence-corrected chi connectivity index (χ4v) is 2.72. The number of nitrogens with zero attached hydrogens (tertiary/aromatic N) is 1. The number of H-pyrrole nitrogens is 1. The molecular weight excluding hydrogens is 294 g/mol. The van der Waals surface area contributed by atoms with Crippen molar-refractivity contribution in [1.29, 1.82) is 0 Å². The number of hydrogen-bond acceptors (Lipinski definition) is 2. The lowest BCUT2D eigenvalue weighted by atomic mass is 10.1. The van der Waals surface area contributed by atoms with E-state index in [9.17, 15) is 4.79 Å². The van der Waals surface area contributed by atoms with Crippen molar-refractivity contribution in [3.8, 4) is 0 Å². The summed E-state index contributed by atoms with van der Waals surface area (Å²) in [5.41, 5.74) is 8.45. The maximum Gasteiger partial charge on any atom is 0.250 e. The number of aromatic nitrogens is 2. The fourth-order valence-electron chi connectivity index (χ4n) is 2.18. The number of benzene rings is 1. The Balaban J connectivity index is 2.56. The van der Waals surface area contributed by atoms with E-state index in [2.05, 4.69) is 25.9 Å². The van der Waals surface area contributed by atoms with Crippen LogP contribution in [0.25, 0.3) is 21.8 Å². The van der Waals surface area contributed by atoms with Crippen molar-refractivity contribution in [2.24, 2.45) is 5.73 Å². The summed E-state index contributed by atoms with van der Waals surface area (Å²) < 4.78 is 0.930. The molecular formula is C13H10BrN3O. The lowest BCUT2D eigenvalue weighted by Crippen LogP contribution is -2.11. The zero-order valence-electron chi connectivity index (χ0n) is 9.62. The SMILES string of the molecule is Cc1cc2c(cn1)[nH]c1c(C(N)=O)ccc(Br)c12. The minimum Gasteiger partial charge on any atom is -0.366 e. The van der Waals surface area contributed by atoms with Gasteiger partial charge in [-0.3, -0.25) is 9.78 Å². The number of hydrogen-bond donors (Lipinski definition) is 2. The van der Waals surface area contributed by atoms with Crippen molar-refractivity contribution in [3.05, 3.63) is 40.1 Å². The normalized spacial score (nSPS) is 11.2. The third-order valence-electron chi connectivity index (χ3n) is 2.99. The van der Waals surface area contributed by atoms with E-state index in [1.165, 1.54) is 0 Å². The number of halogens is 1. The molecule has 4 nitrogen and oxygen atoms in total. The van der Waals surface area contributed by atoms with Crippen LogP contribution in [-0.4, -0.2) is 15.9 Å². The monoisotopic (exact) mass is 303 g/mol. The van der Waals surface area contributed by atoms with Crippen LogP contribution in [0, 0.1) is 6.92 Å². The highest BCUT2D eigenvalue weighted by Gasteiger charge is 2.14. The predicted octanol–water partition coefficient (Wildman–Crippen LogP) is 2.89. The van der Waals surface area contributed by atoms with Gasteiger partial charge in [0.2, 0.25) is 0 Å². The van der Waals surface area contributed by atoms with Gasteiger partial charge in [-0.15, -0.1) is 0 Å². The maximum atomic E-state index is 11.4. The Kier molecular flexibility index (Phi) is 2.38. The van der Waals surface area contributed by atoms with Crippen molar-refractivity contribution >= 4 is 43.6 Å². The Bertz CT molecular complexity index is 792. The molecule has 5 heteroatoms. The van der Waals surface area contributed by atoms with Gasteiger partial charge in [-0.25, -0.2) is 0 Å². The average molecular weight is 304 g/mol. The van der Waals surface area contributed by atoms with Crippen molar-refractivity contribution in [2.75, 3.05) is 0 Å². The lowest BCUT2D eigenvalue weighted by Gasteiger charge is -2.00. The van der Waals surface area contributed by atoms with Crippen molar-refractivity contribution in [1.82, 2.24) is 9.97 Å². The van der Waals surface area contributed by atoms with Gasteiger partial charge in [0.05, 0.1) is 22.8 Å². The van der Waals surface area contributed by atoms with E-state index < -0.39 is 5.91 Å². The third kappa shape index (κ3) is 1.51. The van der Waals surface area contributed by atoms with Gasteiger partial charge in [-0.1, -0.05) is 15.9 Å². The number of fused-ring (bicyclic) bond motifs is 3. The van der Waals surface area contributed by atoms with Crippen LogP contribution in [-0.2, 0) is 0 Å². The number of nitrogens with one attached hydrogen (secondary N) is 1. The van der Waals surface area contributed by atoms with E-state index >= 15 is 0 Å². The molecule has 1 amide bonds. The summed E-state index contributed by atoms with van der Waals surface area (Å²) in [6, 6.07) is 5.54. The molecule has 0 saturated carbocycles. The van der Waals surface area contributed by atoms with Crippen molar-refractivity contribution < 1.29 is 4.79 Å². The summed E-state index contributed by atoms with van der Waals surface area (Å²) in [4.78, 5) is 18.9. The molecule has 0 aliphatic rings. The molecule has 2 aromatic heterocycles. The summed E-state index contributed by atoms with van der Waals surface area (Å²) in [6.45, 7) is 1.93. The van der Waals surface area contributed by atoms with Crippen LogP contribution < -0.4 is 5.73 Å². The summed E-state index contributed by atoms with van der Waals surface area (Å²) in [5, 5.41) is 2.00. The Morgan fingerprint density at radius 1 is 1.44 bits per heavy atom. The van der Waals surface area contributed by atoms with Crippen LogP contribution in [0.1, 0.15) is 16.1 Å². The van der Waals surface area contributed by atoms with Gasteiger partial charge < -0.3 is 10.7 Å². The van der Waals surface area contributed by atoms with E-state index in [4.69, 9.17) is 5.73 Å². The topological polar surface area (TPSA) is 71.8 Å². The molecule has 18 heavy (non-hydrogen) atoms. The molecule has 1 aromatic carbocycles. The smallest absolute Gasteiger partial charge is 0.250 e. The van der Waals surface area contributed by atoms with Crippen LogP contribution in [0.4, 0.5) is 0 Å². The first-order chi connectivity index (χ1) is 8.58. The molecule has 0 radical (unpaired) electrons. The molecule has 0 spiro atoms. The maximum absolute atomic E-state index is 11.4. The molecule has 0 fully saturated rings. The number of primary amides is 1. The fraction of sp³-hybridized carbons (Fsp3) is 0.0769. The average Bonchev–Trinajstić information content (AvgIpc) is 2.68. The molecule has 90 valence electrons. The summed E-state index contributed by atoms with van der Waals surface area (Å²) in [6.07, 6.45) is 1.77. The molecule has 0 aliphatic heterocycles. The number of carbonyl (C=O) groups is 1. The number of aryl methyl sites for hydroxylation is 1. The molecule has 3 rings (SSSR count). The van der Waals surface area contributed by atoms with Crippen LogP contribution >= 0.6 is 15.9 Å². The predicted molar refractivity (Wildman–Crippen MR) is 74.6 cm³/mol. The third-order valence-corrected chi connectivity index (χ3v) is 3.65. The zero-order valence-corrected chi connectivity index (χ0v) is 11.2. The Morgan fingerprint density at radius 3 is 2.94 bits per heavy atom. The second-order valence-electron chi connectivity index (χ2n) is 4.21. The number of pyridine rings is 1. The Labute approximate surface area is 111 Å². The minimum atomic E-state index is -0.441. The highest BCUT2D eigenvalue weighted by Crippen LogP contribution is 2.33. The van der Waals surface area contributed by atoms with E-state index in [0.717, 1.165) is 32.0 Å².